The van der Waals surface area contributed by atoms with Crippen LogP contribution >= 0.6 is 37.2 Å². The Morgan fingerprint density at radius 3 is 2.61 bits per heavy atom. The van der Waals surface area contributed by atoms with Gasteiger partial charge in [0.2, 0.25) is 5.91 Å². The fraction of sp³-hybridized carbons (Fsp3) is 0.650. The van der Waals surface area contributed by atoms with Crippen LogP contribution in [0, 0.1) is 5.92 Å². The highest BCUT2D eigenvalue weighted by Gasteiger charge is 2.26. The average molecular weight is 454 g/mol. The molecule has 2 atom stereocenters. The zero-order valence-electron chi connectivity index (χ0n) is 16.6. The number of hydrogen-bond acceptors (Lipinski definition) is 4. The number of piperidine rings is 1. The maximum Gasteiger partial charge on any atom is 0.224 e. The van der Waals surface area contributed by atoms with Gasteiger partial charge in [-0.15, -0.1) is 37.2 Å². The van der Waals surface area contributed by atoms with E-state index in [2.05, 4.69) is 57.8 Å². The van der Waals surface area contributed by atoms with Crippen LogP contribution in [-0.4, -0.2) is 68.6 Å². The largest absolute Gasteiger partial charge is 0.356 e. The first-order valence-electron chi connectivity index (χ1n) is 9.70. The molecular formula is C20H35Cl3N4O. The third kappa shape index (κ3) is 8.05. The summed E-state index contributed by atoms with van der Waals surface area (Å²) < 4.78 is 0. The number of carbonyl (C=O) groups is 1. The molecule has 2 unspecified atom stereocenters. The third-order valence-electron chi connectivity index (χ3n) is 5.47. The molecule has 8 heteroatoms. The Kier molecular flexibility index (Phi) is 14.1. The van der Waals surface area contributed by atoms with Gasteiger partial charge in [-0.1, -0.05) is 30.3 Å². The summed E-state index contributed by atoms with van der Waals surface area (Å²) in [5.74, 6) is 0.389. The summed E-state index contributed by atoms with van der Waals surface area (Å²) in [7, 11) is 2.20. The fourth-order valence-electron chi connectivity index (χ4n) is 3.93. The van der Waals surface area contributed by atoms with E-state index in [4.69, 9.17) is 0 Å². The van der Waals surface area contributed by atoms with Crippen LogP contribution in [0.15, 0.2) is 30.3 Å². The van der Waals surface area contributed by atoms with E-state index < -0.39 is 0 Å². The van der Waals surface area contributed by atoms with E-state index in [9.17, 15) is 4.79 Å². The predicted octanol–water partition coefficient (Wildman–Crippen LogP) is 2.75. The molecule has 162 valence electrons. The van der Waals surface area contributed by atoms with Crippen molar-refractivity contribution in [3.63, 3.8) is 0 Å². The Hall–Kier alpha value is -0.560. The monoisotopic (exact) mass is 452 g/mol. The van der Waals surface area contributed by atoms with E-state index in [-0.39, 0.29) is 49.0 Å². The molecular weight excluding hydrogens is 419 g/mol. The topological polar surface area (TPSA) is 47.6 Å². The number of likely N-dealkylation sites (N-methyl/N-ethyl adjacent to an activating group) is 1. The van der Waals surface area contributed by atoms with Gasteiger partial charge in [-0.2, -0.15) is 0 Å². The van der Waals surface area contributed by atoms with Crippen molar-refractivity contribution in [3.8, 4) is 0 Å². The number of benzene rings is 1. The van der Waals surface area contributed by atoms with E-state index in [1.165, 1.54) is 5.56 Å². The van der Waals surface area contributed by atoms with Crippen molar-refractivity contribution in [3.05, 3.63) is 35.9 Å². The van der Waals surface area contributed by atoms with Gasteiger partial charge in [-0.3, -0.25) is 9.69 Å². The van der Waals surface area contributed by atoms with Gasteiger partial charge in [0.25, 0.3) is 0 Å². The normalized spacial score (nSPS) is 22.9. The first kappa shape index (κ1) is 27.4. The smallest absolute Gasteiger partial charge is 0.224 e. The van der Waals surface area contributed by atoms with Crippen molar-refractivity contribution in [2.45, 2.75) is 25.3 Å². The minimum Gasteiger partial charge on any atom is -0.356 e. The first-order valence-corrected chi connectivity index (χ1v) is 9.70. The van der Waals surface area contributed by atoms with Crippen LogP contribution in [0.2, 0.25) is 0 Å². The van der Waals surface area contributed by atoms with E-state index in [0.29, 0.717) is 6.04 Å². The second kappa shape index (κ2) is 14.4. The van der Waals surface area contributed by atoms with Crippen LogP contribution in [0.1, 0.15) is 30.9 Å². The average Bonchev–Trinajstić information content (AvgIpc) is 2.67. The molecule has 2 fully saturated rings. The van der Waals surface area contributed by atoms with Crippen LogP contribution in [0.25, 0.3) is 0 Å². The van der Waals surface area contributed by atoms with Crippen LogP contribution in [-0.2, 0) is 4.79 Å². The van der Waals surface area contributed by atoms with Crippen molar-refractivity contribution < 1.29 is 4.79 Å². The van der Waals surface area contributed by atoms with Crippen molar-refractivity contribution in [2.24, 2.45) is 5.92 Å². The van der Waals surface area contributed by atoms with Gasteiger partial charge in [0.15, 0.2) is 0 Å². The number of nitrogens with zero attached hydrogens (tertiary/aromatic N) is 2. The standard InChI is InChI=1S/C20H32N4O.3ClH/c1-23-13-14-24(19(16-23)17-7-3-2-4-8-17)12-6-11-22-20(25)18-9-5-10-21-15-18;;;/h2-4,7-8,18-19,21H,5-6,9-16H2,1H3,(H,22,25);3*1H. The highest BCUT2D eigenvalue weighted by Crippen LogP contribution is 2.24. The summed E-state index contributed by atoms with van der Waals surface area (Å²) in [6.45, 7) is 6.98. The molecule has 5 nitrogen and oxygen atoms in total. The Bertz CT molecular complexity index is 544. The summed E-state index contributed by atoms with van der Waals surface area (Å²) in [6, 6.07) is 11.2. The molecule has 0 aliphatic carbocycles. The summed E-state index contributed by atoms with van der Waals surface area (Å²) in [4.78, 5) is 17.2. The lowest BCUT2D eigenvalue weighted by atomic mass is 9.99. The molecule has 0 radical (unpaired) electrons. The lowest BCUT2D eigenvalue weighted by molar-refractivity contribution is -0.125. The minimum atomic E-state index is 0. The SMILES string of the molecule is CN1CCN(CCCNC(=O)C2CCCNC2)C(c2ccccc2)C1.Cl.Cl.Cl. The van der Waals surface area contributed by atoms with Gasteiger partial charge in [0.05, 0.1) is 5.92 Å². The number of amides is 1. The molecule has 2 saturated heterocycles. The molecule has 0 aromatic heterocycles. The molecule has 2 N–H and O–H groups in total. The summed E-state index contributed by atoms with van der Waals surface area (Å²) in [5, 5.41) is 6.45. The molecule has 1 amide bonds. The zero-order valence-corrected chi connectivity index (χ0v) is 19.1. The zero-order chi connectivity index (χ0) is 17.5. The maximum atomic E-state index is 12.2. The Balaban J connectivity index is 0.00000243. The molecule has 2 aliphatic rings. The van der Waals surface area contributed by atoms with Crippen molar-refractivity contribution in [1.82, 2.24) is 20.4 Å². The van der Waals surface area contributed by atoms with Gasteiger partial charge in [0.1, 0.15) is 0 Å². The van der Waals surface area contributed by atoms with E-state index in [0.717, 1.165) is 65.1 Å². The van der Waals surface area contributed by atoms with Crippen LogP contribution in [0.4, 0.5) is 0 Å². The number of hydrogen-bond donors (Lipinski definition) is 2. The van der Waals surface area contributed by atoms with E-state index in [1.54, 1.807) is 0 Å². The highest BCUT2D eigenvalue weighted by molar-refractivity contribution is 5.86. The summed E-state index contributed by atoms with van der Waals surface area (Å²) in [6.07, 6.45) is 3.14. The molecule has 2 aliphatic heterocycles. The second-order valence-corrected chi connectivity index (χ2v) is 7.41. The molecule has 3 rings (SSSR count). The van der Waals surface area contributed by atoms with Gasteiger partial charge in [-0.05, 0) is 38.4 Å². The third-order valence-corrected chi connectivity index (χ3v) is 5.47. The fourth-order valence-corrected chi connectivity index (χ4v) is 3.93. The van der Waals surface area contributed by atoms with E-state index in [1.807, 2.05) is 0 Å². The lowest BCUT2D eigenvalue weighted by Gasteiger charge is -2.40. The number of rotatable bonds is 6. The minimum absolute atomic E-state index is 0. The molecule has 2 heterocycles. The van der Waals surface area contributed by atoms with Crippen LogP contribution < -0.4 is 10.6 Å². The molecule has 1 aromatic rings. The van der Waals surface area contributed by atoms with Gasteiger partial charge >= 0.3 is 0 Å². The quantitative estimate of drug-likeness (QED) is 0.650. The number of piperazine rings is 1. The van der Waals surface area contributed by atoms with Crippen molar-refractivity contribution >= 4 is 43.1 Å². The van der Waals surface area contributed by atoms with Gasteiger partial charge in [0, 0.05) is 45.3 Å². The van der Waals surface area contributed by atoms with Crippen LogP contribution in [0.5, 0.6) is 0 Å². The summed E-state index contributed by atoms with van der Waals surface area (Å²) in [5.41, 5.74) is 1.39. The summed E-state index contributed by atoms with van der Waals surface area (Å²) >= 11 is 0. The Morgan fingerprint density at radius 2 is 1.93 bits per heavy atom. The van der Waals surface area contributed by atoms with Crippen LogP contribution in [0.3, 0.4) is 0 Å². The predicted molar refractivity (Wildman–Crippen MR) is 123 cm³/mol. The van der Waals surface area contributed by atoms with Gasteiger partial charge < -0.3 is 15.5 Å². The number of carbonyl (C=O) groups excluding carboxylic acids is 1. The van der Waals surface area contributed by atoms with E-state index >= 15 is 0 Å². The lowest BCUT2D eigenvalue weighted by Crippen LogP contribution is -2.47. The first-order chi connectivity index (χ1) is 12.2. The molecule has 0 bridgehead atoms. The number of nitrogens with one attached hydrogen (secondary N) is 2. The second-order valence-electron chi connectivity index (χ2n) is 7.41. The Morgan fingerprint density at radius 1 is 1.18 bits per heavy atom. The van der Waals surface area contributed by atoms with Gasteiger partial charge in [-0.25, -0.2) is 0 Å². The molecule has 28 heavy (non-hydrogen) atoms. The maximum absolute atomic E-state index is 12.2. The van der Waals surface area contributed by atoms with Crippen molar-refractivity contribution in [1.29, 1.82) is 0 Å². The Labute approximate surface area is 188 Å². The molecule has 0 saturated carbocycles. The highest BCUT2D eigenvalue weighted by atomic mass is 35.5. The molecule has 1 aromatic carbocycles. The molecule has 0 spiro atoms. The van der Waals surface area contributed by atoms with Crippen molar-refractivity contribution in [2.75, 3.05) is 52.9 Å². The number of halogens is 3.